The van der Waals surface area contributed by atoms with Gasteiger partial charge in [-0.1, -0.05) is 62.4 Å². The van der Waals surface area contributed by atoms with Gasteiger partial charge in [-0.2, -0.15) is 9.28 Å². The molecule has 0 saturated heterocycles. The quantitative estimate of drug-likeness (QED) is 0.160. The summed E-state index contributed by atoms with van der Waals surface area (Å²) in [6.07, 6.45) is 2.45. The minimum Gasteiger partial charge on any atom is -0.488 e. The number of nitrogens with one attached hydrogen (secondary N) is 2. The van der Waals surface area contributed by atoms with E-state index in [1.807, 2.05) is 56.3 Å². The molecule has 4 atom stereocenters. The maximum atomic E-state index is 15.1. The molecule has 1 aliphatic carbocycles. The van der Waals surface area contributed by atoms with Crippen molar-refractivity contribution in [1.29, 1.82) is 0 Å². The fraction of sp³-hybridized carbons (Fsp3) is 0.395. The number of ether oxygens (including phenoxy) is 3. The molecule has 0 spiro atoms. The van der Waals surface area contributed by atoms with Gasteiger partial charge in [0, 0.05) is 35.6 Å². The van der Waals surface area contributed by atoms with Crippen LogP contribution in [0.15, 0.2) is 90.2 Å². The molecule has 0 unspecified atom stereocenters. The molecule has 2 aliphatic rings. The van der Waals surface area contributed by atoms with Gasteiger partial charge in [-0.05, 0) is 61.7 Å². The number of amides is 2. The summed E-state index contributed by atoms with van der Waals surface area (Å²) in [5.41, 5.74) is 0.0907. The average Bonchev–Trinajstić information content (AvgIpc) is 3.44. The molecule has 3 aromatic carbocycles. The Morgan fingerprint density at radius 3 is 2.27 bits per heavy atom. The lowest BCUT2D eigenvalue weighted by molar-refractivity contribution is -0.306. The lowest BCUT2D eigenvalue weighted by Gasteiger charge is -2.38. The van der Waals surface area contributed by atoms with Crippen molar-refractivity contribution in [3.05, 3.63) is 107 Å². The first kappa shape index (κ1) is 35.6. The third-order valence-electron chi connectivity index (χ3n) is 8.81. The summed E-state index contributed by atoms with van der Waals surface area (Å²) in [5.74, 6) is -1.39. The Morgan fingerprint density at radius 1 is 0.918 bits per heavy atom. The van der Waals surface area contributed by atoms with E-state index < -0.39 is 41.7 Å². The van der Waals surface area contributed by atoms with Crippen molar-refractivity contribution in [3.63, 3.8) is 0 Å². The molecule has 260 valence electrons. The summed E-state index contributed by atoms with van der Waals surface area (Å²) >= 11 is 0. The highest BCUT2D eigenvalue weighted by Crippen LogP contribution is 2.48. The van der Waals surface area contributed by atoms with Crippen molar-refractivity contribution in [3.8, 4) is 0 Å². The largest absolute Gasteiger partial charge is 0.488 e. The molecule has 2 amide bonds. The Bertz CT molecular complexity index is 1740. The van der Waals surface area contributed by atoms with Gasteiger partial charge in [0.1, 0.15) is 0 Å². The molecule has 5 rings (SSSR count). The maximum absolute atomic E-state index is 15.1. The minimum absolute atomic E-state index is 0.119. The zero-order chi connectivity index (χ0) is 35.1. The van der Waals surface area contributed by atoms with Crippen molar-refractivity contribution in [1.82, 2.24) is 10.6 Å². The topological polar surface area (TPSA) is 121 Å². The van der Waals surface area contributed by atoms with Crippen molar-refractivity contribution in [2.45, 2.75) is 83.8 Å². The van der Waals surface area contributed by atoms with Crippen LogP contribution in [0.1, 0.15) is 75.4 Å². The Kier molecular flexibility index (Phi) is 11.4. The normalized spacial score (nSPS) is 22.0. The van der Waals surface area contributed by atoms with E-state index in [0.29, 0.717) is 16.7 Å². The lowest BCUT2D eigenvalue weighted by atomic mass is 9.83. The molecule has 0 bridgehead atoms. The van der Waals surface area contributed by atoms with Crippen molar-refractivity contribution in [2.75, 3.05) is 13.2 Å². The van der Waals surface area contributed by atoms with Gasteiger partial charge in [-0.15, -0.1) is 0 Å². The van der Waals surface area contributed by atoms with E-state index in [0.717, 1.165) is 23.6 Å². The van der Waals surface area contributed by atoms with Gasteiger partial charge >= 0.3 is 12.0 Å². The first-order chi connectivity index (χ1) is 23.6. The van der Waals surface area contributed by atoms with Crippen LogP contribution in [0.5, 0.6) is 0 Å². The van der Waals surface area contributed by atoms with Gasteiger partial charge in [0.05, 0.1) is 37.5 Å². The predicted octanol–water partition coefficient (Wildman–Crippen LogP) is 6.29. The molecule has 10 nitrogen and oxygen atoms in total. The second-order valence-corrected chi connectivity index (χ2v) is 12.0. The van der Waals surface area contributed by atoms with Gasteiger partial charge in [-0.3, -0.25) is 9.59 Å². The number of hydrogen-bond donors (Lipinski definition) is 2. The van der Waals surface area contributed by atoms with Crippen LogP contribution >= 0.6 is 0 Å². The van der Waals surface area contributed by atoms with Gasteiger partial charge in [0.25, 0.3) is 5.91 Å². The van der Waals surface area contributed by atoms with Crippen molar-refractivity contribution in [2.24, 2.45) is 0 Å². The molecule has 0 radical (unpaired) electrons. The van der Waals surface area contributed by atoms with Crippen LogP contribution in [0.3, 0.4) is 0 Å². The lowest BCUT2D eigenvalue weighted by Crippen LogP contribution is -2.59. The van der Waals surface area contributed by atoms with Crippen LogP contribution in [0.2, 0.25) is 0 Å². The Hall–Kier alpha value is -4.74. The summed E-state index contributed by atoms with van der Waals surface area (Å²) in [6.45, 7) is 9.19. The summed E-state index contributed by atoms with van der Waals surface area (Å²) in [5, 5.41) is 7.84. The smallest absolute Gasteiger partial charge is 0.353 e. The minimum atomic E-state index is -1.59. The third-order valence-corrected chi connectivity index (χ3v) is 8.81. The van der Waals surface area contributed by atoms with E-state index in [9.17, 15) is 14.4 Å². The van der Waals surface area contributed by atoms with Gasteiger partial charge in [0.2, 0.25) is 17.3 Å². The highest BCUT2D eigenvalue weighted by Gasteiger charge is 2.52. The van der Waals surface area contributed by atoms with Crippen LogP contribution in [-0.2, 0) is 39.2 Å². The SMILES string of the molecule is CCOC(=O)C1=C[C@@H](OC(CC)CC)[C@H](NC(C)=O)[C@@H](NC(=O)c2ccc([C@@]3(c4ccc5ccccc5c4)OOC(F)=C3OCC)cc2)C1. The van der Waals surface area contributed by atoms with E-state index in [1.165, 1.54) is 6.92 Å². The monoisotopic (exact) mass is 674 g/mol. The highest BCUT2D eigenvalue weighted by molar-refractivity contribution is 5.95. The molecule has 1 heterocycles. The van der Waals surface area contributed by atoms with Gasteiger partial charge in [-0.25, -0.2) is 4.79 Å². The summed E-state index contributed by atoms with van der Waals surface area (Å²) < 4.78 is 32.5. The van der Waals surface area contributed by atoms with E-state index in [1.54, 1.807) is 44.2 Å². The number of rotatable bonds is 13. The summed E-state index contributed by atoms with van der Waals surface area (Å²) in [6, 6.07) is 17.5. The Labute approximate surface area is 285 Å². The number of carbonyl (C=O) groups excluding carboxylic acids is 3. The number of carbonyl (C=O) groups is 3. The zero-order valence-electron chi connectivity index (χ0n) is 28.4. The van der Waals surface area contributed by atoms with Crippen LogP contribution in [0.4, 0.5) is 4.39 Å². The first-order valence-electron chi connectivity index (χ1n) is 16.7. The van der Waals surface area contributed by atoms with E-state index in [4.69, 9.17) is 24.0 Å². The molecule has 11 heteroatoms. The molecule has 0 fully saturated rings. The van der Waals surface area contributed by atoms with Crippen molar-refractivity contribution < 1.29 is 42.8 Å². The molecule has 3 aromatic rings. The fourth-order valence-electron chi connectivity index (χ4n) is 6.38. The fourth-order valence-corrected chi connectivity index (χ4v) is 6.38. The zero-order valence-corrected chi connectivity index (χ0v) is 28.4. The van der Waals surface area contributed by atoms with Crippen LogP contribution in [-0.4, -0.2) is 55.3 Å². The number of benzene rings is 3. The molecular weight excluding hydrogens is 631 g/mol. The van der Waals surface area contributed by atoms with Crippen LogP contribution in [0.25, 0.3) is 10.8 Å². The average molecular weight is 675 g/mol. The number of halogens is 1. The summed E-state index contributed by atoms with van der Waals surface area (Å²) in [4.78, 5) is 49.7. The maximum Gasteiger partial charge on any atom is 0.353 e. The van der Waals surface area contributed by atoms with E-state index >= 15 is 4.39 Å². The van der Waals surface area contributed by atoms with Crippen LogP contribution < -0.4 is 10.6 Å². The second-order valence-electron chi connectivity index (χ2n) is 12.0. The molecule has 0 saturated carbocycles. The van der Waals surface area contributed by atoms with Crippen LogP contribution in [0, 0.1) is 0 Å². The Balaban J connectivity index is 1.47. The van der Waals surface area contributed by atoms with Crippen molar-refractivity contribution >= 4 is 28.6 Å². The second kappa shape index (κ2) is 15.7. The molecule has 1 aliphatic heterocycles. The van der Waals surface area contributed by atoms with Gasteiger partial charge in [0.15, 0.2) is 0 Å². The summed E-state index contributed by atoms with van der Waals surface area (Å²) in [7, 11) is 0. The third kappa shape index (κ3) is 7.47. The molecular formula is C38H43FN2O8. The highest BCUT2D eigenvalue weighted by atomic mass is 19.1. The molecule has 0 aromatic heterocycles. The standard InChI is InChI=1S/C38H43FN2O8/c1-6-30(7-2)47-32-22-27(37(44)46-9-4)21-31(33(32)40-23(5)42)41-36(43)25-15-17-28(18-16-25)38(34(45-8-3)35(39)48-49-38)29-19-14-24-12-10-11-13-26(24)20-29/h10-20,22,30-33H,6-9,21H2,1-5H3,(H,40,42)(H,41,43)/t31-,32+,33+,38-/m0/s1. The predicted molar refractivity (Wildman–Crippen MR) is 181 cm³/mol. The number of hydrogen-bond acceptors (Lipinski definition) is 8. The number of fused-ring (bicyclic) bond motifs is 1. The Morgan fingerprint density at radius 2 is 1.61 bits per heavy atom. The van der Waals surface area contributed by atoms with E-state index in [2.05, 4.69) is 10.6 Å². The molecule has 49 heavy (non-hydrogen) atoms. The van der Waals surface area contributed by atoms with Gasteiger partial charge < -0.3 is 29.7 Å². The van der Waals surface area contributed by atoms with E-state index in [-0.39, 0.29) is 43.0 Å². The number of esters is 1. The molecule has 2 N–H and O–H groups in total. The first-order valence-corrected chi connectivity index (χ1v) is 16.7.